The van der Waals surface area contributed by atoms with Gasteiger partial charge in [0.15, 0.2) is 0 Å². The lowest BCUT2D eigenvalue weighted by Crippen LogP contribution is -2.13. The van der Waals surface area contributed by atoms with E-state index in [0.29, 0.717) is 15.8 Å². The van der Waals surface area contributed by atoms with Gasteiger partial charge in [-0.2, -0.15) is 8.42 Å². The van der Waals surface area contributed by atoms with Gasteiger partial charge in [-0.1, -0.05) is 36.4 Å². The largest absolute Gasteiger partial charge is 0.369 e. The van der Waals surface area contributed by atoms with Crippen molar-refractivity contribution in [1.82, 2.24) is 4.98 Å². The van der Waals surface area contributed by atoms with Crippen molar-refractivity contribution in [3.8, 4) is 10.6 Å². The van der Waals surface area contributed by atoms with Gasteiger partial charge in [0.05, 0.1) is 16.6 Å². The standard InChI is InChI=1S/C14H11NO3S2.C4H7NO2/c1-9-7-8-11-12(13(9)20(16,17)18)19-14(15-11)10-5-3-2-4-6-10;1-3(6)2-4(5)7/h2-8H,1H3,(H,16,17,18);2H2,1H3,(H2,5,7). The van der Waals surface area contributed by atoms with E-state index in [1.165, 1.54) is 18.3 Å². The van der Waals surface area contributed by atoms with Crippen LogP contribution < -0.4 is 5.73 Å². The van der Waals surface area contributed by atoms with Crippen LogP contribution in [-0.4, -0.2) is 29.6 Å². The number of thiazole rings is 1. The molecule has 0 aliphatic carbocycles. The zero-order valence-electron chi connectivity index (χ0n) is 14.7. The summed E-state index contributed by atoms with van der Waals surface area (Å²) in [5, 5.41) is 0.733. The summed E-state index contributed by atoms with van der Waals surface area (Å²) in [7, 11) is -4.26. The topological polar surface area (TPSA) is 127 Å². The van der Waals surface area contributed by atoms with Gasteiger partial charge in [0.2, 0.25) is 5.91 Å². The number of hydrogen-bond acceptors (Lipinski definition) is 6. The average molecular weight is 406 g/mol. The molecule has 2 aromatic carbocycles. The Morgan fingerprint density at radius 3 is 2.26 bits per heavy atom. The molecule has 142 valence electrons. The molecule has 3 aromatic rings. The Bertz CT molecular complexity index is 1080. The quantitative estimate of drug-likeness (QED) is 0.506. The molecule has 0 atom stereocenters. The first-order valence-electron chi connectivity index (χ1n) is 7.80. The van der Waals surface area contributed by atoms with E-state index in [-0.39, 0.29) is 17.1 Å². The number of benzene rings is 2. The summed E-state index contributed by atoms with van der Waals surface area (Å²) in [5.41, 5.74) is 6.65. The van der Waals surface area contributed by atoms with Crippen molar-refractivity contribution >= 4 is 43.4 Å². The first-order chi connectivity index (χ1) is 12.6. The van der Waals surface area contributed by atoms with E-state index < -0.39 is 16.0 Å². The minimum absolute atomic E-state index is 0.0466. The number of rotatable bonds is 4. The highest BCUT2D eigenvalue weighted by atomic mass is 32.2. The van der Waals surface area contributed by atoms with Gasteiger partial charge in [-0.3, -0.25) is 14.1 Å². The number of aryl methyl sites for hydroxylation is 1. The van der Waals surface area contributed by atoms with E-state index >= 15 is 0 Å². The van der Waals surface area contributed by atoms with Crippen LogP contribution in [-0.2, 0) is 19.7 Å². The highest BCUT2D eigenvalue weighted by Crippen LogP contribution is 2.35. The number of primary amides is 1. The van der Waals surface area contributed by atoms with E-state index in [1.807, 2.05) is 30.3 Å². The molecule has 1 aromatic heterocycles. The highest BCUT2D eigenvalue weighted by Gasteiger charge is 2.20. The Morgan fingerprint density at radius 2 is 1.78 bits per heavy atom. The molecule has 0 aliphatic rings. The number of carbonyl (C=O) groups excluding carboxylic acids is 2. The zero-order valence-corrected chi connectivity index (χ0v) is 16.3. The Kier molecular flexibility index (Phi) is 6.42. The van der Waals surface area contributed by atoms with E-state index in [1.54, 1.807) is 19.1 Å². The number of aromatic nitrogens is 1. The van der Waals surface area contributed by atoms with Crippen LogP contribution in [0.2, 0.25) is 0 Å². The monoisotopic (exact) mass is 406 g/mol. The van der Waals surface area contributed by atoms with Crippen LogP contribution in [0, 0.1) is 6.92 Å². The van der Waals surface area contributed by atoms with Crippen molar-refractivity contribution in [2.45, 2.75) is 25.2 Å². The second kappa shape index (κ2) is 8.38. The van der Waals surface area contributed by atoms with Crippen LogP contribution in [0.15, 0.2) is 47.4 Å². The van der Waals surface area contributed by atoms with Crippen LogP contribution in [0.4, 0.5) is 0 Å². The lowest BCUT2D eigenvalue weighted by molar-refractivity contribution is -0.125. The molecule has 0 saturated heterocycles. The van der Waals surface area contributed by atoms with E-state index in [4.69, 9.17) is 0 Å². The summed E-state index contributed by atoms with van der Waals surface area (Å²) in [4.78, 5) is 24.2. The van der Waals surface area contributed by atoms with Crippen molar-refractivity contribution in [1.29, 1.82) is 0 Å². The van der Waals surface area contributed by atoms with Gasteiger partial charge in [0.1, 0.15) is 15.7 Å². The fourth-order valence-electron chi connectivity index (χ4n) is 2.34. The molecular formula is C18H18N2O5S2. The molecule has 0 unspecified atom stereocenters. The maximum absolute atomic E-state index is 11.5. The molecule has 0 fully saturated rings. The van der Waals surface area contributed by atoms with Gasteiger partial charge in [-0.05, 0) is 25.5 Å². The second-order valence-corrected chi connectivity index (χ2v) is 8.12. The number of nitrogens with zero attached hydrogens (tertiary/aromatic N) is 1. The van der Waals surface area contributed by atoms with Gasteiger partial charge in [0.25, 0.3) is 10.1 Å². The maximum Gasteiger partial charge on any atom is 0.296 e. The Hall–Kier alpha value is -2.62. The fourth-order valence-corrected chi connectivity index (χ4v) is 4.65. The third-order valence-corrected chi connectivity index (χ3v) is 5.72. The minimum Gasteiger partial charge on any atom is -0.369 e. The third kappa shape index (κ3) is 5.43. The van der Waals surface area contributed by atoms with Gasteiger partial charge >= 0.3 is 0 Å². The van der Waals surface area contributed by atoms with Gasteiger partial charge < -0.3 is 5.73 Å². The molecule has 9 heteroatoms. The Morgan fingerprint density at radius 1 is 1.15 bits per heavy atom. The number of fused-ring (bicyclic) bond motifs is 1. The van der Waals surface area contributed by atoms with E-state index in [9.17, 15) is 22.6 Å². The highest BCUT2D eigenvalue weighted by molar-refractivity contribution is 7.86. The first kappa shape index (κ1) is 20.7. The molecule has 0 bridgehead atoms. The Labute approximate surface area is 160 Å². The molecule has 0 radical (unpaired) electrons. The average Bonchev–Trinajstić information content (AvgIpc) is 2.97. The molecule has 0 aliphatic heterocycles. The van der Waals surface area contributed by atoms with Crippen molar-refractivity contribution < 1.29 is 22.6 Å². The molecule has 1 amide bonds. The van der Waals surface area contributed by atoms with Crippen molar-refractivity contribution in [2.24, 2.45) is 5.73 Å². The fraction of sp³-hybridized carbons (Fsp3) is 0.167. The van der Waals surface area contributed by atoms with Gasteiger partial charge in [-0.25, -0.2) is 4.98 Å². The van der Waals surface area contributed by atoms with Crippen LogP contribution in [0.3, 0.4) is 0 Å². The molecule has 0 saturated carbocycles. The minimum atomic E-state index is -4.26. The number of amides is 1. The lowest BCUT2D eigenvalue weighted by Gasteiger charge is -2.02. The number of Topliss-reactive ketones (excluding diaryl/α,β-unsaturated/α-hetero) is 1. The Balaban J connectivity index is 0.000000321. The normalized spacial score (nSPS) is 10.9. The lowest BCUT2D eigenvalue weighted by atomic mass is 10.2. The molecular weight excluding hydrogens is 388 g/mol. The van der Waals surface area contributed by atoms with E-state index in [2.05, 4.69) is 10.7 Å². The molecule has 1 heterocycles. The molecule has 3 N–H and O–H groups in total. The predicted octanol–water partition coefficient (Wildman–Crippen LogP) is 2.97. The predicted molar refractivity (Wildman–Crippen MR) is 104 cm³/mol. The van der Waals surface area contributed by atoms with Gasteiger partial charge in [-0.15, -0.1) is 11.3 Å². The van der Waals surface area contributed by atoms with Crippen LogP contribution in [0.5, 0.6) is 0 Å². The van der Waals surface area contributed by atoms with Gasteiger partial charge in [0, 0.05) is 5.56 Å². The van der Waals surface area contributed by atoms with E-state index in [0.717, 1.165) is 10.6 Å². The summed E-state index contributed by atoms with van der Waals surface area (Å²) in [6.45, 7) is 2.98. The smallest absolute Gasteiger partial charge is 0.296 e. The van der Waals surface area contributed by atoms with Crippen LogP contribution in [0.25, 0.3) is 20.8 Å². The zero-order chi connectivity index (χ0) is 20.2. The molecule has 3 rings (SSSR count). The van der Waals surface area contributed by atoms with Crippen LogP contribution >= 0.6 is 11.3 Å². The SMILES string of the molecule is CC(=O)CC(N)=O.Cc1ccc2nc(-c3ccccc3)sc2c1S(=O)(=O)O. The van der Waals surface area contributed by atoms with Crippen molar-refractivity contribution in [2.75, 3.05) is 0 Å². The molecule has 27 heavy (non-hydrogen) atoms. The summed E-state index contributed by atoms with van der Waals surface area (Å²) in [6.07, 6.45) is -0.139. The van der Waals surface area contributed by atoms with Crippen LogP contribution in [0.1, 0.15) is 18.9 Å². The summed E-state index contributed by atoms with van der Waals surface area (Å²) >= 11 is 1.27. The number of nitrogens with two attached hydrogens (primary N) is 1. The number of hydrogen-bond donors (Lipinski definition) is 2. The molecule has 0 spiro atoms. The maximum atomic E-state index is 11.5. The first-order valence-corrected chi connectivity index (χ1v) is 10.1. The summed E-state index contributed by atoms with van der Waals surface area (Å²) in [6, 6.07) is 13.0. The van der Waals surface area contributed by atoms with Crippen molar-refractivity contribution in [3.05, 3.63) is 48.0 Å². The van der Waals surface area contributed by atoms with Crippen molar-refractivity contribution in [3.63, 3.8) is 0 Å². The summed E-state index contributed by atoms with van der Waals surface area (Å²) in [5.74, 6) is -0.750. The number of carbonyl (C=O) groups is 2. The molecule has 7 nitrogen and oxygen atoms in total. The second-order valence-electron chi connectivity index (χ2n) is 5.77. The number of ketones is 1. The third-order valence-electron chi connectivity index (χ3n) is 3.41. The summed E-state index contributed by atoms with van der Waals surface area (Å²) < 4.78 is 33.0.